The molecule has 0 atom stereocenters. The molecule has 15 heavy (non-hydrogen) atoms. The predicted molar refractivity (Wildman–Crippen MR) is 61.0 cm³/mol. The van der Waals surface area contributed by atoms with Gasteiger partial charge in [-0.3, -0.25) is 0 Å². The van der Waals surface area contributed by atoms with Gasteiger partial charge < -0.3 is 10.5 Å². The van der Waals surface area contributed by atoms with Crippen LogP contribution in [0.25, 0.3) is 0 Å². The van der Waals surface area contributed by atoms with Crippen LogP contribution in [0.3, 0.4) is 0 Å². The van der Waals surface area contributed by atoms with Crippen molar-refractivity contribution in [2.24, 2.45) is 0 Å². The normalized spacial score (nSPS) is 15.5. The van der Waals surface area contributed by atoms with E-state index in [1.54, 1.807) is 18.9 Å². The van der Waals surface area contributed by atoms with Gasteiger partial charge >= 0.3 is 0 Å². The van der Waals surface area contributed by atoms with Crippen molar-refractivity contribution in [3.63, 3.8) is 0 Å². The lowest BCUT2D eigenvalue weighted by atomic mass is 10.4. The largest absolute Gasteiger partial charge is 0.384 e. The number of hydrogen-bond acceptors (Lipinski definition) is 5. The van der Waals surface area contributed by atoms with Gasteiger partial charge in [-0.15, -0.1) is 11.8 Å². The SMILES string of the molecule is COCCSc1cc(N)nc(C2CC2)n1. The van der Waals surface area contributed by atoms with Gasteiger partial charge in [0.25, 0.3) is 0 Å². The average molecular weight is 225 g/mol. The Morgan fingerprint density at radius 3 is 3.00 bits per heavy atom. The lowest BCUT2D eigenvalue weighted by Gasteiger charge is -2.04. The molecular weight excluding hydrogens is 210 g/mol. The molecule has 1 saturated carbocycles. The number of thioether (sulfide) groups is 1. The first-order chi connectivity index (χ1) is 7.29. The second kappa shape index (κ2) is 4.81. The van der Waals surface area contributed by atoms with E-state index in [9.17, 15) is 0 Å². The minimum Gasteiger partial charge on any atom is -0.384 e. The Balaban J connectivity index is 2.02. The molecule has 1 fully saturated rings. The zero-order chi connectivity index (χ0) is 10.7. The minimum absolute atomic E-state index is 0.551. The number of nitrogens with zero attached hydrogens (tertiary/aromatic N) is 2. The fourth-order valence-corrected chi connectivity index (χ4v) is 2.11. The number of nitrogen functional groups attached to an aromatic ring is 1. The second-order valence-electron chi connectivity index (χ2n) is 3.60. The highest BCUT2D eigenvalue weighted by Crippen LogP contribution is 2.38. The maximum absolute atomic E-state index is 5.73. The molecule has 5 heteroatoms. The number of ether oxygens (including phenoxy) is 1. The maximum Gasteiger partial charge on any atom is 0.135 e. The number of anilines is 1. The van der Waals surface area contributed by atoms with Crippen LogP contribution in [0.2, 0.25) is 0 Å². The lowest BCUT2D eigenvalue weighted by molar-refractivity contribution is 0.218. The first-order valence-electron chi connectivity index (χ1n) is 5.06. The van der Waals surface area contributed by atoms with Crippen LogP contribution in [-0.2, 0) is 4.74 Å². The van der Waals surface area contributed by atoms with E-state index in [0.717, 1.165) is 23.2 Å². The van der Waals surface area contributed by atoms with Crippen molar-refractivity contribution in [1.82, 2.24) is 9.97 Å². The molecule has 0 amide bonds. The summed E-state index contributed by atoms with van der Waals surface area (Å²) in [5, 5.41) is 0.960. The summed E-state index contributed by atoms with van der Waals surface area (Å²) in [7, 11) is 1.70. The summed E-state index contributed by atoms with van der Waals surface area (Å²) in [6.07, 6.45) is 2.40. The average Bonchev–Trinajstić information content (AvgIpc) is 3.00. The van der Waals surface area contributed by atoms with Crippen molar-refractivity contribution in [3.05, 3.63) is 11.9 Å². The van der Waals surface area contributed by atoms with Gasteiger partial charge in [-0.25, -0.2) is 9.97 Å². The third-order valence-electron chi connectivity index (χ3n) is 2.22. The summed E-state index contributed by atoms with van der Waals surface area (Å²) in [5.41, 5.74) is 5.73. The molecule has 2 rings (SSSR count). The first kappa shape index (κ1) is 10.7. The van der Waals surface area contributed by atoms with Crippen LogP contribution in [0.5, 0.6) is 0 Å². The topological polar surface area (TPSA) is 61.0 Å². The molecule has 0 spiro atoms. The summed E-state index contributed by atoms with van der Waals surface area (Å²) in [6.45, 7) is 0.730. The van der Waals surface area contributed by atoms with Crippen LogP contribution in [0.4, 0.5) is 5.82 Å². The molecule has 0 unspecified atom stereocenters. The number of rotatable bonds is 5. The molecule has 0 radical (unpaired) electrons. The highest BCUT2D eigenvalue weighted by Gasteiger charge is 2.27. The molecule has 4 nitrogen and oxygen atoms in total. The van der Waals surface area contributed by atoms with Crippen molar-refractivity contribution < 1.29 is 4.74 Å². The standard InChI is InChI=1S/C10H15N3OS/c1-14-4-5-15-9-6-8(11)12-10(13-9)7-2-3-7/h6-7H,2-5H2,1H3,(H2,11,12,13). The van der Waals surface area contributed by atoms with E-state index in [1.807, 2.05) is 6.07 Å². The minimum atomic E-state index is 0.551. The first-order valence-corrected chi connectivity index (χ1v) is 6.04. The van der Waals surface area contributed by atoms with Gasteiger partial charge in [-0.2, -0.15) is 0 Å². The molecule has 82 valence electrons. The third kappa shape index (κ3) is 3.07. The Bertz CT molecular complexity index is 341. The predicted octanol–water partition coefficient (Wildman–Crippen LogP) is 1.67. The quantitative estimate of drug-likeness (QED) is 0.469. The number of methoxy groups -OCH3 is 1. The number of aromatic nitrogens is 2. The van der Waals surface area contributed by atoms with E-state index in [2.05, 4.69) is 9.97 Å². The zero-order valence-electron chi connectivity index (χ0n) is 8.77. The van der Waals surface area contributed by atoms with Gasteiger partial charge in [0.15, 0.2) is 0 Å². The highest BCUT2D eigenvalue weighted by atomic mass is 32.2. The lowest BCUT2D eigenvalue weighted by Crippen LogP contribution is -2.00. The van der Waals surface area contributed by atoms with Gasteiger partial charge in [0.1, 0.15) is 16.7 Å². The molecule has 0 saturated heterocycles. The van der Waals surface area contributed by atoms with Gasteiger partial charge in [0, 0.05) is 24.8 Å². The summed E-state index contributed by atoms with van der Waals surface area (Å²) < 4.78 is 4.99. The van der Waals surface area contributed by atoms with Crippen LogP contribution in [0.1, 0.15) is 24.6 Å². The van der Waals surface area contributed by atoms with Crippen molar-refractivity contribution in [2.45, 2.75) is 23.8 Å². The van der Waals surface area contributed by atoms with E-state index >= 15 is 0 Å². The molecular formula is C10H15N3OS. The smallest absolute Gasteiger partial charge is 0.135 e. The second-order valence-corrected chi connectivity index (χ2v) is 4.72. The molecule has 0 bridgehead atoms. The maximum atomic E-state index is 5.73. The molecule has 1 aliphatic carbocycles. The van der Waals surface area contributed by atoms with Gasteiger partial charge in [0.2, 0.25) is 0 Å². The molecule has 1 heterocycles. The highest BCUT2D eigenvalue weighted by molar-refractivity contribution is 7.99. The Kier molecular flexibility index (Phi) is 3.43. The molecule has 1 aliphatic rings. The van der Waals surface area contributed by atoms with Gasteiger partial charge in [0.05, 0.1) is 6.61 Å². The summed E-state index contributed by atoms with van der Waals surface area (Å²) >= 11 is 1.66. The summed E-state index contributed by atoms with van der Waals surface area (Å²) in [4.78, 5) is 8.73. The Morgan fingerprint density at radius 1 is 1.53 bits per heavy atom. The van der Waals surface area contributed by atoms with E-state index in [1.165, 1.54) is 12.8 Å². The molecule has 0 aromatic carbocycles. The van der Waals surface area contributed by atoms with Crippen LogP contribution < -0.4 is 5.73 Å². The summed E-state index contributed by atoms with van der Waals surface area (Å²) in [6, 6.07) is 1.83. The van der Waals surface area contributed by atoms with E-state index in [0.29, 0.717) is 11.7 Å². The number of hydrogen-bond donors (Lipinski definition) is 1. The summed E-state index contributed by atoms with van der Waals surface area (Å²) in [5.74, 6) is 2.94. The van der Waals surface area contributed by atoms with Crippen LogP contribution in [0, 0.1) is 0 Å². The Labute approximate surface area is 93.6 Å². The monoisotopic (exact) mass is 225 g/mol. The van der Waals surface area contributed by atoms with Crippen LogP contribution >= 0.6 is 11.8 Å². The van der Waals surface area contributed by atoms with Crippen LogP contribution in [0.15, 0.2) is 11.1 Å². The van der Waals surface area contributed by atoms with Crippen LogP contribution in [-0.4, -0.2) is 29.4 Å². The number of nitrogens with two attached hydrogens (primary N) is 1. The van der Waals surface area contributed by atoms with Crippen molar-refractivity contribution in [2.75, 3.05) is 25.2 Å². The van der Waals surface area contributed by atoms with E-state index in [-0.39, 0.29) is 0 Å². The Hall–Kier alpha value is -0.810. The van der Waals surface area contributed by atoms with Gasteiger partial charge in [-0.05, 0) is 12.8 Å². The van der Waals surface area contributed by atoms with Gasteiger partial charge in [-0.1, -0.05) is 0 Å². The fraction of sp³-hybridized carbons (Fsp3) is 0.600. The molecule has 1 aromatic rings. The third-order valence-corrected chi connectivity index (χ3v) is 3.10. The van der Waals surface area contributed by atoms with Crippen molar-refractivity contribution in [1.29, 1.82) is 0 Å². The van der Waals surface area contributed by atoms with E-state index < -0.39 is 0 Å². The molecule has 2 N–H and O–H groups in total. The van der Waals surface area contributed by atoms with Crippen molar-refractivity contribution in [3.8, 4) is 0 Å². The Morgan fingerprint density at radius 2 is 2.33 bits per heavy atom. The van der Waals surface area contributed by atoms with Crippen molar-refractivity contribution >= 4 is 17.6 Å². The zero-order valence-corrected chi connectivity index (χ0v) is 9.59. The fourth-order valence-electron chi connectivity index (χ4n) is 1.29. The molecule has 0 aliphatic heterocycles. The van der Waals surface area contributed by atoms with E-state index in [4.69, 9.17) is 10.5 Å². The molecule has 1 aromatic heterocycles.